The number of nitrogens with two attached hydrogens (primary N) is 1. The summed E-state index contributed by atoms with van der Waals surface area (Å²) in [6.07, 6.45) is 0.420. The summed E-state index contributed by atoms with van der Waals surface area (Å²) in [5.74, 6) is -0.227. The van der Waals surface area contributed by atoms with Crippen molar-refractivity contribution >= 4 is 40.6 Å². The molecule has 0 atom stereocenters. The third-order valence-corrected chi connectivity index (χ3v) is 5.27. The number of nitrogens with one attached hydrogen (secondary N) is 1. The van der Waals surface area contributed by atoms with Gasteiger partial charge < -0.3 is 15.8 Å². The third kappa shape index (κ3) is 4.75. The van der Waals surface area contributed by atoms with E-state index >= 15 is 0 Å². The Kier molecular flexibility index (Phi) is 5.91. The normalized spacial score (nSPS) is 11.2. The van der Waals surface area contributed by atoms with Crippen molar-refractivity contribution in [2.24, 2.45) is 5.73 Å². The van der Waals surface area contributed by atoms with Gasteiger partial charge in [0.05, 0.1) is 11.3 Å². The fourth-order valence-corrected chi connectivity index (χ4v) is 3.88. The Labute approximate surface area is 177 Å². The molecule has 0 aliphatic rings. The lowest BCUT2D eigenvalue weighted by Crippen LogP contribution is -2.23. The van der Waals surface area contributed by atoms with E-state index in [1.54, 1.807) is 23.5 Å². The average Bonchev–Trinajstić information content (AvgIpc) is 3.16. The predicted octanol–water partition coefficient (Wildman–Crippen LogP) is 5.47. The van der Waals surface area contributed by atoms with Gasteiger partial charge in [0.2, 0.25) is 0 Å². The maximum absolute atomic E-state index is 12.9. The summed E-state index contributed by atoms with van der Waals surface area (Å²) in [5, 5.41) is 5.14. The number of primary amides is 1. The second-order valence-corrected chi connectivity index (χ2v) is 8.67. The van der Waals surface area contributed by atoms with Gasteiger partial charge in [-0.2, -0.15) is 0 Å². The summed E-state index contributed by atoms with van der Waals surface area (Å²) in [5.41, 5.74) is 7.35. The Hall–Kier alpha value is -2.90. The van der Waals surface area contributed by atoms with Crippen LogP contribution in [-0.2, 0) is 5.41 Å². The van der Waals surface area contributed by atoms with Crippen LogP contribution in [0.15, 0.2) is 48.0 Å². The van der Waals surface area contributed by atoms with Gasteiger partial charge in [-0.3, -0.25) is 4.79 Å². The molecule has 0 saturated carbocycles. The molecule has 2 aromatic heterocycles. The number of pyridine rings is 1. The number of benzene rings is 1. The van der Waals surface area contributed by atoms with Gasteiger partial charge in [-0.25, -0.2) is 9.78 Å². The minimum absolute atomic E-state index is 0.179. The van der Waals surface area contributed by atoms with Crippen LogP contribution in [0, 0.1) is 0 Å². The van der Waals surface area contributed by atoms with Crippen LogP contribution in [-0.4, -0.2) is 17.0 Å². The fraction of sp³-hybridized carbons (Fsp3) is 0.190. The zero-order chi connectivity index (χ0) is 21.2. The SMILES string of the molecule is CC(C)(C)c1c(-c2cccs2)ccc(OC(N)=O)c1NC(=O)c1ccc(Cl)nc1. The molecule has 3 N–H and O–H groups in total. The van der Waals surface area contributed by atoms with Gasteiger partial charge in [0.1, 0.15) is 5.15 Å². The number of carbonyl (C=O) groups excluding carboxylic acids is 2. The lowest BCUT2D eigenvalue weighted by Gasteiger charge is -2.27. The molecule has 3 aromatic rings. The average molecular weight is 430 g/mol. The molecule has 2 amide bonds. The number of nitrogens with zero attached hydrogens (tertiary/aromatic N) is 1. The molecule has 0 fully saturated rings. The lowest BCUT2D eigenvalue weighted by molar-refractivity contribution is 0.102. The van der Waals surface area contributed by atoms with Crippen molar-refractivity contribution in [1.82, 2.24) is 4.98 Å². The number of carbonyl (C=O) groups is 2. The lowest BCUT2D eigenvalue weighted by atomic mass is 9.81. The Morgan fingerprint density at radius 3 is 2.48 bits per heavy atom. The summed E-state index contributed by atoms with van der Waals surface area (Å²) in [7, 11) is 0. The molecule has 2 heterocycles. The van der Waals surface area contributed by atoms with Crippen LogP contribution in [0.2, 0.25) is 5.15 Å². The van der Waals surface area contributed by atoms with Crippen molar-refractivity contribution in [1.29, 1.82) is 0 Å². The van der Waals surface area contributed by atoms with Crippen LogP contribution in [0.4, 0.5) is 10.5 Å². The molecule has 0 aliphatic carbocycles. The van der Waals surface area contributed by atoms with E-state index < -0.39 is 12.0 Å². The van der Waals surface area contributed by atoms with Crippen LogP contribution in [0.1, 0.15) is 36.7 Å². The predicted molar refractivity (Wildman–Crippen MR) is 116 cm³/mol. The second kappa shape index (κ2) is 8.23. The number of rotatable bonds is 4. The van der Waals surface area contributed by atoms with Crippen LogP contribution in [0.3, 0.4) is 0 Å². The van der Waals surface area contributed by atoms with E-state index in [0.29, 0.717) is 11.3 Å². The van der Waals surface area contributed by atoms with Gasteiger partial charge in [-0.15, -0.1) is 11.3 Å². The maximum atomic E-state index is 12.9. The molecular weight excluding hydrogens is 410 g/mol. The quantitative estimate of drug-likeness (QED) is 0.537. The van der Waals surface area contributed by atoms with Gasteiger partial charge in [-0.05, 0) is 52.3 Å². The molecule has 29 heavy (non-hydrogen) atoms. The Bertz CT molecular complexity index is 1040. The molecule has 1 aromatic carbocycles. The fourth-order valence-electron chi connectivity index (χ4n) is 3.01. The molecule has 0 saturated heterocycles. The Balaban J connectivity index is 2.17. The largest absolute Gasteiger partial charge is 0.410 e. The monoisotopic (exact) mass is 429 g/mol. The van der Waals surface area contributed by atoms with Crippen LogP contribution >= 0.6 is 22.9 Å². The van der Waals surface area contributed by atoms with Crippen LogP contribution in [0.25, 0.3) is 10.4 Å². The first-order valence-corrected chi connectivity index (χ1v) is 10.0. The van der Waals surface area contributed by atoms with Crippen molar-refractivity contribution in [3.05, 3.63) is 64.3 Å². The molecule has 0 bridgehead atoms. The van der Waals surface area contributed by atoms with E-state index in [4.69, 9.17) is 22.1 Å². The number of amides is 2. The summed E-state index contributed by atoms with van der Waals surface area (Å²) in [6.45, 7) is 6.06. The van der Waals surface area contributed by atoms with E-state index in [1.165, 1.54) is 12.3 Å². The molecule has 6 nitrogen and oxygen atoms in total. The summed E-state index contributed by atoms with van der Waals surface area (Å²) < 4.78 is 5.20. The van der Waals surface area contributed by atoms with Gasteiger partial charge in [0.25, 0.3) is 5.91 Å². The standard InChI is InChI=1S/C21H20ClN3O3S/c1-21(2,3)17-13(15-5-4-10-29-15)7-8-14(28-20(23)27)18(17)25-19(26)12-6-9-16(22)24-11-12/h4-11H,1-3H3,(H2,23,27)(H,25,26). The Morgan fingerprint density at radius 1 is 1.17 bits per heavy atom. The topological polar surface area (TPSA) is 94.3 Å². The van der Waals surface area contributed by atoms with Crippen LogP contribution < -0.4 is 15.8 Å². The van der Waals surface area contributed by atoms with Gasteiger partial charge in [0.15, 0.2) is 5.75 Å². The first-order chi connectivity index (χ1) is 13.7. The Morgan fingerprint density at radius 2 is 1.93 bits per heavy atom. The molecular formula is C21H20ClN3O3S. The number of thiophene rings is 1. The van der Waals surface area contributed by atoms with Crippen molar-refractivity contribution in [2.45, 2.75) is 26.2 Å². The number of hydrogen-bond donors (Lipinski definition) is 2. The van der Waals surface area contributed by atoms with E-state index in [1.807, 2.05) is 44.4 Å². The summed E-state index contributed by atoms with van der Waals surface area (Å²) in [6, 6.07) is 10.6. The molecule has 0 unspecified atom stereocenters. The molecule has 0 aliphatic heterocycles. The molecule has 3 rings (SSSR count). The molecule has 8 heteroatoms. The highest BCUT2D eigenvalue weighted by Gasteiger charge is 2.28. The molecule has 150 valence electrons. The molecule has 0 radical (unpaired) electrons. The van der Waals surface area contributed by atoms with Crippen LogP contribution in [0.5, 0.6) is 5.75 Å². The summed E-state index contributed by atoms with van der Waals surface area (Å²) in [4.78, 5) is 29.3. The van der Waals surface area contributed by atoms with Crippen molar-refractivity contribution in [3.63, 3.8) is 0 Å². The van der Waals surface area contributed by atoms with Gasteiger partial charge in [-0.1, -0.05) is 38.4 Å². The number of aromatic nitrogens is 1. The highest BCUT2D eigenvalue weighted by molar-refractivity contribution is 7.13. The second-order valence-electron chi connectivity index (χ2n) is 7.33. The minimum atomic E-state index is -0.961. The number of ether oxygens (including phenoxy) is 1. The zero-order valence-corrected chi connectivity index (χ0v) is 17.7. The smallest absolute Gasteiger partial charge is 0.408 e. The minimum Gasteiger partial charge on any atom is -0.408 e. The van der Waals surface area contributed by atoms with Crippen molar-refractivity contribution in [3.8, 4) is 16.2 Å². The van der Waals surface area contributed by atoms with E-state index in [2.05, 4.69) is 10.3 Å². The summed E-state index contributed by atoms with van der Waals surface area (Å²) >= 11 is 7.39. The zero-order valence-electron chi connectivity index (χ0n) is 16.2. The first kappa shape index (κ1) is 20.8. The van der Waals surface area contributed by atoms with Gasteiger partial charge >= 0.3 is 6.09 Å². The highest BCUT2D eigenvalue weighted by Crippen LogP contribution is 2.44. The number of hydrogen-bond acceptors (Lipinski definition) is 5. The third-order valence-electron chi connectivity index (χ3n) is 4.14. The molecule has 0 spiro atoms. The van der Waals surface area contributed by atoms with Crippen molar-refractivity contribution in [2.75, 3.05) is 5.32 Å². The number of anilines is 1. The van der Waals surface area contributed by atoms with Crippen molar-refractivity contribution < 1.29 is 14.3 Å². The van der Waals surface area contributed by atoms with E-state index in [-0.39, 0.29) is 16.3 Å². The van der Waals surface area contributed by atoms with E-state index in [9.17, 15) is 9.59 Å². The highest BCUT2D eigenvalue weighted by atomic mass is 35.5. The van der Waals surface area contributed by atoms with Gasteiger partial charge in [0, 0.05) is 11.1 Å². The first-order valence-electron chi connectivity index (χ1n) is 8.78. The number of halogens is 1. The van der Waals surface area contributed by atoms with E-state index in [0.717, 1.165) is 16.0 Å². The maximum Gasteiger partial charge on any atom is 0.410 e.